The highest BCUT2D eigenvalue weighted by Gasteiger charge is 2.12. The Morgan fingerprint density at radius 2 is 1.69 bits per heavy atom. The number of rotatable bonds is 1. The van der Waals surface area contributed by atoms with Crippen LogP contribution >= 0.6 is 0 Å². The van der Waals surface area contributed by atoms with E-state index in [9.17, 15) is 0 Å². The topological polar surface area (TPSA) is 0 Å². The summed E-state index contributed by atoms with van der Waals surface area (Å²) < 4.78 is 0. The lowest BCUT2D eigenvalue weighted by Crippen LogP contribution is -2.10. The molecule has 0 saturated heterocycles. The maximum Gasteiger partial charge on any atom is 0.0628 e. The molecule has 0 unspecified atom stereocenters. The average Bonchev–Trinajstić information content (AvgIpc) is 2.04. The second-order valence-electron chi connectivity index (χ2n) is 4.18. The van der Waals surface area contributed by atoms with Gasteiger partial charge in [0, 0.05) is 0 Å². The molecular weight excluding hydrogens is 156 g/mol. The lowest BCUT2D eigenvalue weighted by atomic mass is 9.86. The smallest absolute Gasteiger partial charge is 0.0628 e. The Balaban J connectivity index is 2.89. The van der Waals surface area contributed by atoms with Crippen molar-refractivity contribution in [2.24, 2.45) is 0 Å². The van der Waals surface area contributed by atoms with Gasteiger partial charge < -0.3 is 0 Å². The standard InChI is InChI=1S/C13H15/c1-5-6-11-7-9-12(10-8-11)13(2,3)4/h1,6-10H,2-4H3. The summed E-state index contributed by atoms with van der Waals surface area (Å²) in [5.41, 5.74) is 2.64. The zero-order valence-electron chi connectivity index (χ0n) is 8.46. The summed E-state index contributed by atoms with van der Waals surface area (Å²) in [6.07, 6.45) is 6.95. The van der Waals surface area contributed by atoms with E-state index in [2.05, 4.69) is 51.0 Å². The van der Waals surface area contributed by atoms with Crippen molar-refractivity contribution in [3.63, 3.8) is 0 Å². The van der Waals surface area contributed by atoms with Gasteiger partial charge in [0.15, 0.2) is 0 Å². The van der Waals surface area contributed by atoms with Gasteiger partial charge in [-0.15, -0.1) is 6.42 Å². The third-order valence-electron chi connectivity index (χ3n) is 2.03. The van der Waals surface area contributed by atoms with Crippen LogP contribution in [0.1, 0.15) is 31.9 Å². The van der Waals surface area contributed by atoms with Crippen molar-refractivity contribution in [2.75, 3.05) is 0 Å². The first-order valence-corrected chi connectivity index (χ1v) is 4.44. The Kier molecular flexibility index (Phi) is 2.78. The molecule has 0 aromatic heterocycles. The SMILES string of the molecule is C#C[CH]c1ccc(C(C)(C)C)cc1. The molecule has 0 atom stereocenters. The molecule has 0 N–H and O–H groups in total. The van der Waals surface area contributed by atoms with Gasteiger partial charge in [0.05, 0.1) is 6.42 Å². The van der Waals surface area contributed by atoms with Gasteiger partial charge in [-0.1, -0.05) is 51.0 Å². The first-order valence-electron chi connectivity index (χ1n) is 4.44. The average molecular weight is 171 g/mol. The van der Waals surface area contributed by atoms with Crippen molar-refractivity contribution in [2.45, 2.75) is 26.2 Å². The zero-order chi connectivity index (χ0) is 9.90. The molecule has 0 bridgehead atoms. The highest BCUT2D eigenvalue weighted by molar-refractivity contribution is 5.35. The van der Waals surface area contributed by atoms with Crippen LogP contribution in [0.4, 0.5) is 0 Å². The molecular formula is C13H15. The lowest BCUT2D eigenvalue weighted by Gasteiger charge is -2.18. The summed E-state index contributed by atoms with van der Waals surface area (Å²) in [7, 11) is 0. The van der Waals surface area contributed by atoms with Gasteiger partial charge in [-0.05, 0) is 16.5 Å². The molecule has 0 nitrogen and oxygen atoms in total. The molecule has 67 valence electrons. The van der Waals surface area contributed by atoms with Crippen molar-refractivity contribution in [3.05, 3.63) is 41.8 Å². The van der Waals surface area contributed by atoms with Gasteiger partial charge in [-0.2, -0.15) is 0 Å². The fourth-order valence-electron chi connectivity index (χ4n) is 1.18. The molecule has 1 aromatic carbocycles. The fraction of sp³-hybridized carbons (Fsp3) is 0.308. The van der Waals surface area contributed by atoms with E-state index >= 15 is 0 Å². The van der Waals surface area contributed by atoms with E-state index in [1.165, 1.54) is 5.56 Å². The van der Waals surface area contributed by atoms with Gasteiger partial charge in [0.1, 0.15) is 0 Å². The Morgan fingerprint density at radius 3 is 2.08 bits per heavy atom. The summed E-state index contributed by atoms with van der Waals surface area (Å²) in [4.78, 5) is 0. The number of hydrogen-bond acceptors (Lipinski definition) is 0. The minimum atomic E-state index is 0.217. The van der Waals surface area contributed by atoms with Crippen LogP contribution in [0.5, 0.6) is 0 Å². The van der Waals surface area contributed by atoms with Crippen molar-refractivity contribution in [3.8, 4) is 12.3 Å². The van der Waals surface area contributed by atoms with Crippen LogP contribution in [-0.4, -0.2) is 0 Å². The first kappa shape index (κ1) is 9.86. The molecule has 1 rings (SSSR count). The van der Waals surface area contributed by atoms with Crippen molar-refractivity contribution in [1.29, 1.82) is 0 Å². The van der Waals surface area contributed by atoms with E-state index in [1.807, 2.05) is 0 Å². The van der Waals surface area contributed by atoms with Crippen molar-refractivity contribution in [1.82, 2.24) is 0 Å². The van der Waals surface area contributed by atoms with Crippen LogP contribution in [0, 0.1) is 18.8 Å². The molecule has 1 aromatic rings. The molecule has 0 aliphatic heterocycles. The number of benzene rings is 1. The maximum atomic E-state index is 5.18. The number of hydrogen-bond donors (Lipinski definition) is 0. The van der Waals surface area contributed by atoms with Crippen molar-refractivity contribution >= 4 is 0 Å². The van der Waals surface area contributed by atoms with E-state index in [0.29, 0.717) is 0 Å². The predicted molar refractivity (Wildman–Crippen MR) is 57.4 cm³/mol. The molecule has 0 aliphatic rings. The number of terminal acetylenes is 1. The van der Waals surface area contributed by atoms with Crippen LogP contribution in [-0.2, 0) is 5.41 Å². The molecule has 0 aliphatic carbocycles. The van der Waals surface area contributed by atoms with Gasteiger partial charge in [0.2, 0.25) is 0 Å². The van der Waals surface area contributed by atoms with E-state index in [0.717, 1.165) is 5.56 Å². The molecule has 0 heteroatoms. The summed E-state index contributed by atoms with van der Waals surface area (Å²) in [6.45, 7) is 6.60. The third kappa shape index (κ3) is 2.63. The molecule has 13 heavy (non-hydrogen) atoms. The molecule has 0 fully saturated rings. The first-order chi connectivity index (χ1) is 6.04. The van der Waals surface area contributed by atoms with Crippen LogP contribution in [0.25, 0.3) is 0 Å². The fourth-order valence-corrected chi connectivity index (χ4v) is 1.18. The van der Waals surface area contributed by atoms with E-state index in [4.69, 9.17) is 6.42 Å². The molecule has 1 radical (unpaired) electrons. The second kappa shape index (κ2) is 3.66. The summed E-state index contributed by atoms with van der Waals surface area (Å²) >= 11 is 0. The Hall–Kier alpha value is -1.22. The van der Waals surface area contributed by atoms with Crippen molar-refractivity contribution < 1.29 is 0 Å². The van der Waals surface area contributed by atoms with Gasteiger partial charge in [-0.25, -0.2) is 0 Å². The highest BCUT2D eigenvalue weighted by atomic mass is 14.2. The minimum Gasteiger partial charge on any atom is -0.119 e. The van der Waals surface area contributed by atoms with Gasteiger partial charge in [0.25, 0.3) is 0 Å². The van der Waals surface area contributed by atoms with Crippen LogP contribution in [0.15, 0.2) is 24.3 Å². The van der Waals surface area contributed by atoms with E-state index < -0.39 is 0 Å². The Labute approximate surface area is 81.0 Å². The zero-order valence-corrected chi connectivity index (χ0v) is 8.46. The third-order valence-corrected chi connectivity index (χ3v) is 2.03. The summed E-state index contributed by atoms with van der Waals surface area (Å²) in [5, 5.41) is 0. The molecule has 0 heterocycles. The quantitative estimate of drug-likeness (QED) is 0.569. The summed E-state index contributed by atoms with van der Waals surface area (Å²) in [5.74, 6) is 2.52. The summed E-state index contributed by atoms with van der Waals surface area (Å²) in [6, 6.07) is 8.37. The molecule has 0 amide bonds. The molecule has 0 spiro atoms. The molecule has 0 saturated carbocycles. The van der Waals surface area contributed by atoms with Gasteiger partial charge >= 0.3 is 0 Å². The van der Waals surface area contributed by atoms with Crippen LogP contribution in [0.2, 0.25) is 0 Å². The second-order valence-corrected chi connectivity index (χ2v) is 4.18. The van der Waals surface area contributed by atoms with E-state index in [1.54, 1.807) is 6.42 Å². The predicted octanol–water partition coefficient (Wildman–Crippen LogP) is 3.17. The van der Waals surface area contributed by atoms with Crippen LogP contribution < -0.4 is 0 Å². The highest BCUT2D eigenvalue weighted by Crippen LogP contribution is 2.22. The van der Waals surface area contributed by atoms with Gasteiger partial charge in [-0.3, -0.25) is 0 Å². The largest absolute Gasteiger partial charge is 0.119 e. The Morgan fingerprint density at radius 1 is 1.15 bits per heavy atom. The maximum absolute atomic E-state index is 5.18. The van der Waals surface area contributed by atoms with E-state index in [-0.39, 0.29) is 5.41 Å². The Bertz CT molecular complexity index is 303. The normalized spacial score (nSPS) is 10.9. The monoisotopic (exact) mass is 171 g/mol. The minimum absolute atomic E-state index is 0.217. The lowest BCUT2D eigenvalue weighted by molar-refractivity contribution is 0.590. The van der Waals surface area contributed by atoms with Crippen LogP contribution in [0.3, 0.4) is 0 Å².